The molecule has 33 heavy (non-hydrogen) atoms. The molecule has 0 spiro atoms. The first-order valence-electron chi connectivity index (χ1n) is 11.4. The van der Waals surface area contributed by atoms with E-state index in [2.05, 4.69) is 55.1 Å². The average molecular weight is 470 g/mol. The SMILES string of the molecule is CC(=O)N1CCN(c2nc(NC(C)(C)Cc3ccc(Cl)cc3)c3c(cnn3C(C)C)n2)CC1. The number of aromatic nitrogens is 4. The average Bonchev–Trinajstić information content (AvgIpc) is 3.20. The minimum atomic E-state index is -0.272. The van der Waals surface area contributed by atoms with Crippen molar-refractivity contribution in [2.45, 2.75) is 52.6 Å². The zero-order valence-electron chi connectivity index (χ0n) is 20.0. The Balaban J connectivity index is 1.66. The Morgan fingerprint density at radius 2 is 1.79 bits per heavy atom. The van der Waals surface area contributed by atoms with Crippen LogP contribution in [-0.2, 0) is 11.2 Å². The van der Waals surface area contributed by atoms with E-state index < -0.39 is 0 Å². The van der Waals surface area contributed by atoms with Crippen molar-refractivity contribution >= 4 is 40.3 Å². The van der Waals surface area contributed by atoms with Crippen LogP contribution >= 0.6 is 11.6 Å². The molecule has 9 heteroatoms. The maximum atomic E-state index is 11.7. The van der Waals surface area contributed by atoms with Crippen LogP contribution in [0, 0.1) is 0 Å². The second-order valence-corrected chi connectivity index (χ2v) is 10.0. The van der Waals surface area contributed by atoms with Crippen LogP contribution in [0.5, 0.6) is 0 Å². The van der Waals surface area contributed by atoms with Crippen molar-refractivity contribution in [3.63, 3.8) is 0 Å². The number of hydrogen-bond donors (Lipinski definition) is 1. The van der Waals surface area contributed by atoms with Gasteiger partial charge in [0.15, 0.2) is 5.82 Å². The van der Waals surface area contributed by atoms with Crippen LogP contribution in [0.2, 0.25) is 5.02 Å². The van der Waals surface area contributed by atoms with Crippen molar-refractivity contribution in [3.8, 4) is 0 Å². The first kappa shape index (κ1) is 23.3. The highest BCUT2D eigenvalue weighted by Gasteiger charge is 2.26. The summed E-state index contributed by atoms with van der Waals surface area (Å²) in [4.78, 5) is 25.5. The Bertz CT molecular complexity index is 1130. The molecule has 8 nitrogen and oxygen atoms in total. The summed E-state index contributed by atoms with van der Waals surface area (Å²) in [6.45, 7) is 12.9. The monoisotopic (exact) mass is 469 g/mol. The standard InChI is InChI=1S/C24H32ClN7O/c1-16(2)32-21-20(15-26-32)27-23(31-12-10-30(11-13-31)17(3)33)28-22(21)29-24(4,5)14-18-6-8-19(25)9-7-18/h6-9,15-16H,10-14H2,1-5H3,(H,27,28,29). The fourth-order valence-electron chi connectivity index (χ4n) is 4.27. The molecule has 0 atom stereocenters. The predicted octanol–water partition coefficient (Wildman–Crippen LogP) is 4.16. The van der Waals surface area contributed by atoms with Crippen LogP contribution in [-0.4, -0.2) is 62.3 Å². The third kappa shape index (κ3) is 5.21. The third-order valence-corrected chi connectivity index (χ3v) is 6.20. The van der Waals surface area contributed by atoms with Crippen molar-refractivity contribution in [3.05, 3.63) is 41.0 Å². The van der Waals surface area contributed by atoms with Crippen molar-refractivity contribution < 1.29 is 4.79 Å². The van der Waals surface area contributed by atoms with E-state index in [0.717, 1.165) is 28.3 Å². The fourth-order valence-corrected chi connectivity index (χ4v) is 4.40. The molecule has 0 unspecified atom stereocenters. The van der Waals surface area contributed by atoms with Crippen LogP contribution in [0.15, 0.2) is 30.5 Å². The molecule has 1 amide bonds. The van der Waals surface area contributed by atoms with Crippen LogP contribution in [0.3, 0.4) is 0 Å². The van der Waals surface area contributed by atoms with Gasteiger partial charge in [0, 0.05) is 49.7 Å². The molecule has 1 aromatic carbocycles. The molecule has 0 saturated carbocycles. The summed E-state index contributed by atoms with van der Waals surface area (Å²) in [7, 11) is 0. The number of piperazine rings is 1. The number of nitrogens with one attached hydrogen (secondary N) is 1. The van der Waals surface area contributed by atoms with Gasteiger partial charge in [-0.05, 0) is 51.8 Å². The number of rotatable bonds is 6. The molecule has 2 aromatic heterocycles. The summed E-state index contributed by atoms with van der Waals surface area (Å²) in [6.07, 6.45) is 2.61. The van der Waals surface area contributed by atoms with Gasteiger partial charge < -0.3 is 15.1 Å². The van der Waals surface area contributed by atoms with E-state index in [1.165, 1.54) is 5.56 Å². The van der Waals surface area contributed by atoms with E-state index in [-0.39, 0.29) is 17.5 Å². The molecule has 176 valence electrons. The van der Waals surface area contributed by atoms with Crippen molar-refractivity contribution in [2.24, 2.45) is 0 Å². The molecule has 1 aliphatic rings. The molecule has 1 N–H and O–H groups in total. The smallest absolute Gasteiger partial charge is 0.228 e. The predicted molar refractivity (Wildman–Crippen MR) is 133 cm³/mol. The Morgan fingerprint density at radius 3 is 2.39 bits per heavy atom. The zero-order valence-corrected chi connectivity index (χ0v) is 20.7. The molecule has 1 aliphatic heterocycles. The van der Waals surface area contributed by atoms with Gasteiger partial charge in [0.1, 0.15) is 11.0 Å². The second-order valence-electron chi connectivity index (χ2n) is 9.59. The van der Waals surface area contributed by atoms with E-state index in [9.17, 15) is 4.79 Å². The van der Waals surface area contributed by atoms with Gasteiger partial charge in [0.05, 0.1) is 6.20 Å². The number of benzene rings is 1. The minimum absolute atomic E-state index is 0.107. The highest BCUT2D eigenvalue weighted by Crippen LogP contribution is 2.29. The first-order chi connectivity index (χ1) is 15.6. The maximum absolute atomic E-state index is 11.7. The number of anilines is 2. The Hall–Kier alpha value is -2.87. The van der Waals surface area contributed by atoms with E-state index in [0.29, 0.717) is 32.1 Å². The number of amides is 1. The summed E-state index contributed by atoms with van der Waals surface area (Å²) in [6, 6.07) is 8.13. The number of carbonyl (C=O) groups is 1. The molecule has 0 radical (unpaired) electrons. The number of halogens is 1. The molecule has 0 aliphatic carbocycles. The van der Waals surface area contributed by atoms with Crippen molar-refractivity contribution in [1.82, 2.24) is 24.6 Å². The van der Waals surface area contributed by atoms with E-state index in [4.69, 9.17) is 21.6 Å². The quantitative estimate of drug-likeness (QED) is 0.584. The zero-order chi connectivity index (χ0) is 23.8. The summed E-state index contributed by atoms with van der Waals surface area (Å²) in [5, 5.41) is 9.00. The van der Waals surface area contributed by atoms with Crippen molar-refractivity contribution in [1.29, 1.82) is 0 Å². The first-order valence-corrected chi connectivity index (χ1v) is 11.8. The molecule has 4 rings (SSSR count). The highest BCUT2D eigenvalue weighted by molar-refractivity contribution is 6.30. The Morgan fingerprint density at radius 1 is 1.12 bits per heavy atom. The molecule has 3 heterocycles. The number of carbonyl (C=O) groups excluding carboxylic acids is 1. The van der Waals surface area contributed by atoms with Gasteiger partial charge in [0.2, 0.25) is 11.9 Å². The van der Waals surface area contributed by atoms with E-state index in [1.807, 2.05) is 27.9 Å². The van der Waals surface area contributed by atoms with Gasteiger partial charge in [-0.2, -0.15) is 10.1 Å². The fraction of sp³-hybridized carbons (Fsp3) is 0.500. The summed E-state index contributed by atoms with van der Waals surface area (Å²) in [5.74, 6) is 1.54. The van der Waals surface area contributed by atoms with Crippen LogP contribution in [0.4, 0.5) is 11.8 Å². The largest absolute Gasteiger partial charge is 0.363 e. The molecule has 3 aromatic rings. The van der Waals surface area contributed by atoms with Crippen LogP contribution in [0.1, 0.15) is 46.2 Å². The normalized spacial score (nSPS) is 14.9. The molecule has 0 bridgehead atoms. The topological polar surface area (TPSA) is 79.2 Å². The van der Waals surface area contributed by atoms with Gasteiger partial charge >= 0.3 is 0 Å². The Kier molecular flexibility index (Phi) is 6.47. The number of fused-ring (bicyclic) bond motifs is 1. The molecule has 1 fully saturated rings. The van der Waals surface area contributed by atoms with Crippen LogP contribution in [0.25, 0.3) is 11.0 Å². The maximum Gasteiger partial charge on any atom is 0.228 e. The number of hydrogen-bond acceptors (Lipinski definition) is 6. The highest BCUT2D eigenvalue weighted by atomic mass is 35.5. The van der Waals surface area contributed by atoms with E-state index in [1.54, 1.807) is 6.92 Å². The summed E-state index contributed by atoms with van der Waals surface area (Å²) < 4.78 is 1.97. The third-order valence-electron chi connectivity index (χ3n) is 5.95. The minimum Gasteiger partial charge on any atom is -0.363 e. The van der Waals surface area contributed by atoms with Gasteiger partial charge in [0.25, 0.3) is 0 Å². The van der Waals surface area contributed by atoms with Gasteiger partial charge in [-0.1, -0.05) is 23.7 Å². The number of nitrogens with zero attached hydrogens (tertiary/aromatic N) is 6. The Labute approximate surface area is 199 Å². The lowest BCUT2D eigenvalue weighted by Crippen LogP contribution is -2.48. The second kappa shape index (κ2) is 9.17. The van der Waals surface area contributed by atoms with Gasteiger partial charge in [-0.15, -0.1) is 0 Å². The summed E-state index contributed by atoms with van der Waals surface area (Å²) in [5.41, 5.74) is 2.64. The van der Waals surface area contributed by atoms with Crippen molar-refractivity contribution in [2.75, 3.05) is 36.4 Å². The molecule has 1 saturated heterocycles. The molecular weight excluding hydrogens is 438 g/mol. The summed E-state index contributed by atoms with van der Waals surface area (Å²) >= 11 is 6.06. The molecular formula is C24H32ClN7O. The van der Waals surface area contributed by atoms with Crippen LogP contribution < -0.4 is 10.2 Å². The van der Waals surface area contributed by atoms with E-state index >= 15 is 0 Å². The lowest BCUT2D eigenvalue weighted by molar-refractivity contribution is -0.129. The lowest BCUT2D eigenvalue weighted by atomic mass is 9.95. The lowest BCUT2D eigenvalue weighted by Gasteiger charge is -2.34. The van der Waals surface area contributed by atoms with Gasteiger partial charge in [-0.3, -0.25) is 9.48 Å². The van der Waals surface area contributed by atoms with Gasteiger partial charge in [-0.25, -0.2) is 4.98 Å².